The molecule has 148 valence electrons. The SMILES string of the molecule is COc1cc(C#N)ccc1OCCN1CCC[C@H]1c1nc2c(n1C)CCCC2. The number of methoxy groups -OCH3 is 1. The lowest BCUT2D eigenvalue weighted by molar-refractivity contribution is 0.188. The van der Waals surface area contributed by atoms with Crippen LogP contribution in [0.25, 0.3) is 0 Å². The van der Waals surface area contributed by atoms with Crippen LogP contribution in [0.5, 0.6) is 11.5 Å². The summed E-state index contributed by atoms with van der Waals surface area (Å²) in [6.45, 7) is 2.52. The smallest absolute Gasteiger partial charge is 0.162 e. The van der Waals surface area contributed by atoms with Crippen molar-refractivity contribution < 1.29 is 9.47 Å². The van der Waals surface area contributed by atoms with E-state index in [0.717, 1.165) is 32.4 Å². The molecule has 28 heavy (non-hydrogen) atoms. The van der Waals surface area contributed by atoms with Gasteiger partial charge in [0.25, 0.3) is 0 Å². The van der Waals surface area contributed by atoms with Gasteiger partial charge in [-0.3, -0.25) is 4.90 Å². The third-order valence-corrected chi connectivity index (χ3v) is 6.00. The summed E-state index contributed by atoms with van der Waals surface area (Å²) in [5.41, 5.74) is 3.32. The largest absolute Gasteiger partial charge is 0.493 e. The number of fused-ring (bicyclic) bond motifs is 1. The fourth-order valence-electron chi connectivity index (χ4n) is 4.52. The van der Waals surface area contributed by atoms with Gasteiger partial charge < -0.3 is 14.0 Å². The molecule has 0 unspecified atom stereocenters. The number of rotatable bonds is 6. The Hall–Kier alpha value is -2.52. The zero-order valence-corrected chi connectivity index (χ0v) is 16.8. The molecule has 0 spiro atoms. The Morgan fingerprint density at radius 2 is 2.07 bits per heavy atom. The van der Waals surface area contributed by atoms with E-state index in [0.29, 0.717) is 29.7 Å². The van der Waals surface area contributed by atoms with Crippen LogP contribution in [0.3, 0.4) is 0 Å². The second kappa shape index (κ2) is 8.24. The Labute approximate surface area is 166 Å². The van der Waals surface area contributed by atoms with Crippen molar-refractivity contribution in [2.75, 3.05) is 26.8 Å². The van der Waals surface area contributed by atoms with Crippen molar-refractivity contribution in [3.8, 4) is 17.6 Å². The van der Waals surface area contributed by atoms with E-state index in [-0.39, 0.29) is 0 Å². The number of nitrogens with zero attached hydrogens (tertiary/aromatic N) is 4. The quantitative estimate of drug-likeness (QED) is 0.769. The zero-order valence-electron chi connectivity index (χ0n) is 16.8. The van der Waals surface area contributed by atoms with Crippen molar-refractivity contribution in [3.05, 3.63) is 41.0 Å². The van der Waals surface area contributed by atoms with Gasteiger partial charge in [-0.2, -0.15) is 5.26 Å². The van der Waals surface area contributed by atoms with Gasteiger partial charge >= 0.3 is 0 Å². The summed E-state index contributed by atoms with van der Waals surface area (Å²) in [6.07, 6.45) is 7.18. The van der Waals surface area contributed by atoms with Crippen LogP contribution in [0.4, 0.5) is 0 Å². The highest BCUT2D eigenvalue weighted by Gasteiger charge is 2.31. The molecule has 1 atom stereocenters. The molecule has 0 bridgehead atoms. The van der Waals surface area contributed by atoms with E-state index < -0.39 is 0 Å². The first-order valence-corrected chi connectivity index (χ1v) is 10.2. The monoisotopic (exact) mass is 380 g/mol. The van der Waals surface area contributed by atoms with Crippen molar-refractivity contribution in [2.24, 2.45) is 7.05 Å². The lowest BCUT2D eigenvalue weighted by Crippen LogP contribution is -2.29. The molecule has 6 heteroatoms. The first-order chi connectivity index (χ1) is 13.7. The summed E-state index contributed by atoms with van der Waals surface area (Å²) in [7, 11) is 3.78. The number of benzene rings is 1. The lowest BCUT2D eigenvalue weighted by Gasteiger charge is -2.24. The van der Waals surface area contributed by atoms with Crippen LogP contribution < -0.4 is 9.47 Å². The predicted octanol–water partition coefficient (Wildman–Crippen LogP) is 3.40. The maximum Gasteiger partial charge on any atom is 0.162 e. The Morgan fingerprint density at radius 1 is 1.21 bits per heavy atom. The number of likely N-dealkylation sites (tertiary alicyclic amines) is 1. The molecular formula is C22H28N4O2. The molecule has 4 rings (SSSR count). The average Bonchev–Trinajstić information content (AvgIpc) is 3.32. The second-order valence-electron chi connectivity index (χ2n) is 7.65. The lowest BCUT2D eigenvalue weighted by atomic mass is 10.0. The van der Waals surface area contributed by atoms with Gasteiger partial charge in [-0.15, -0.1) is 0 Å². The second-order valence-corrected chi connectivity index (χ2v) is 7.65. The van der Waals surface area contributed by atoms with Crippen molar-refractivity contribution in [3.63, 3.8) is 0 Å². The summed E-state index contributed by atoms with van der Waals surface area (Å²) in [6, 6.07) is 7.79. The van der Waals surface area contributed by atoms with E-state index in [4.69, 9.17) is 19.7 Å². The van der Waals surface area contributed by atoms with Crippen LogP contribution in [-0.4, -0.2) is 41.3 Å². The molecule has 1 aromatic carbocycles. The third-order valence-electron chi connectivity index (χ3n) is 6.00. The topological polar surface area (TPSA) is 63.3 Å². The molecule has 2 aliphatic rings. The normalized spacial score (nSPS) is 19.2. The van der Waals surface area contributed by atoms with Crippen LogP contribution in [0.2, 0.25) is 0 Å². The highest BCUT2D eigenvalue weighted by atomic mass is 16.5. The summed E-state index contributed by atoms with van der Waals surface area (Å²) < 4.78 is 13.7. The molecular weight excluding hydrogens is 352 g/mol. The van der Waals surface area contributed by atoms with E-state index >= 15 is 0 Å². The number of nitriles is 1. The standard InChI is InChI=1S/C22H28N4O2/c1-25-18-7-4-3-6-17(18)24-22(25)19-8-5-11-26(19)12-13-28-20-10-9-16(15-23)14-21(20)27-2/h9-10,14,19H,3-8,11-13H2,1-2H3/t19-/m0/s1. The van der Waals surface area contributed by atoms with Crippen LogP contribution >= 0.6 is 0 Å². The average molecular weight is 380 g/mol. The van der Waals surface area contributed by atoms with Gasteiger partial charge in [0.15, 0.2) is 11.5 Å². The van der Waals surface area contributed by atoms with Crippen molar-refractivity contribution in [1.82, 2.24) is 14.5 Å². The number of aryl methyl sites for hydroxylation is 1. The van der Waals surface area contributed by atoms with Gasteiger partial charge in [0.05, 0.1) is 30.5 Å². The first-order valence-electron chi connectivity index (χ1n) is 10.2. The fourth-order valence-corrected chi connectivity index (χ4v) is 4.52. The number of ether oxygens (including phenoxy) is 2. The van der Waals surface area contributed by atoms with E-state index in [2.05, 4.69) is 22.6 Å². The molecule has 0 N–H and O–H groups in total. The zero-order chi connectivity index (χ0) is 19.5. The third kappa shape index (κ3) is 3.59. The number of hydrogen-bond donors (Lipinski definition) is 0. The highest BCUT2D eigenvalue weighted by molar-refractivity contribution is 5.46. The summed E-state index contributed by atoms with van der Waals surface area (Å²) in [4.78, 5) is 7.52. The molecule has 2 heterocycles. The van der Waals surface area contributed by atoms with Gasteiger partial charge in [0, 0.05) is 25.4 Å². The molecule has 1 saturated heterocycles. The fraction of sp³-hybridized carbons (Fsp3) is 0.545. The van der Waals surface area contributed by atoms with Gasteiger partial charge in [-0.25, -0.2) is 4.98 Å². The molecule has 0 saturated carbocycles. The number of imidazole rings is 1. The van der Waals surface area contributed by atoms with E-state index in [1.54, 1.807) is 19.2 Å². The number of aromatic nitrogens is 2. The summed E-state index contributed by atoms with van der Waals surface area (Å²) >= 11 is 0. The van der Waals surface area contributed by atoms with Gasteiger partial charge in [-0.1, -0.05) is 0 Å². The summed E-state index contributed by atoms with van der Waals surface area (Å²) in [5, 5.41) is 9.03. The molecule has 0 amide bonds. The van der Waals surface area contributed by atoms with Crippen molar-refractivity contribution in [1.29, 1.82) is 5.26 Å². The number of hydrogen-bond acceptors (Lipinski definition) is 5. The molecule has 1 aromatic heterocycles. The Morgan fingerprint density at radius 3 is 2.86 bits per heavy atom. The van der Waals surface area contributed by atoms with Crippen LogP contribution in [0.1, 0.15) is 54.5 Å². The Balaban J connectivity index is 1.42. The van der Waals surface area contributed by atoms with Crippen LogP contribution in [0.15, 0.2) is 18.2 Å². The van der Waals surface area contributed by atoms with Crippen molar-refractivity contribution >= 4 is 0 Å². The minimum atomic E-state index is 0.377. The van der Waals surface area contributed by atoms with Gasteiger partial charge in [0.2, 0.25) is 0 Å². The minimum absolute atomic E-state index is 0.377. The van der Waals surface area contributed by atoms with E-state index in [1.807, 2.05) is 6.07 Å². The highest BCUT2D eigenvalue weighted by Crippen LogP contribution is 2.34. The maximum atomic E-state index is 9.03. The van der Waals surface area contributed by atoms with E-state index in [1.165, 1.54) is 36.5 Å². The first kappa shape index (κ1) is 18.8. The van der Waals surface area contributed by atoms with Crippen molar-refractivity contribution in [2.45, 2.75) is 44.6 Å². The molecule has 2 aromatic rings. The van der Waals surface area contributed by atoms with Gasteiger partial charge in [-0.05, 0) is 57.2 Å². The molecule has 1 aliphatic carbocycles. The summed E-state index contributed by atoms with van der Waals surface area (Å²) in [5.74, 6) is 2.51. The Kier molecular flexibility index (Phi) is 5.54. The molecule has 0 radical (unpaired) electrons. The minimum Gasteiger partial charge on any atom is -0.493 e. The molecule has 1 aliphatic heterocycles. The predicted molar refractivity (Wildman–Crippen MR) is 107 cm³/mol. The van der Waals surface area contributed by atoms with Gasteiger partial charge in [0.1, 0.15) is 12.4 Å². The molecule has 1 fully saturated rings. The maximum absolute atomic E-state index is 9.03. The molecule has 6 nitrogen and oxygen atoms in total. The van der Waals surface area contributed by atoms with Crippen LogP contribution in [-0.2, 0) is 19.9 Å². The Bertz CT molecular complexity index is 883. The van der Waals surface area contributed by atoms with Crippen LogP contribution in [0, 0.1) is 11.3 Å². The van der Waals surface area contributed by atoms with E-state index in [9.17, 15) is 0 Å².